The summed E-state index contributed by atoms with van der Waals surface area (Å²) in [6.45, 7) is 2.00. The van der Waals surface area contributed by atoms with Crippen LogP contribution in [-0.4, -0.2) is 9.97 Å². The Morgan fingerprint density at radius 2 is 2.22 bits per heavy atom. The lowest BCUT2D eigenvalue weighted by atomic mass is 10.2. The van der Waals surface area contributed by atoms with Crippen LogP contribution < -0.4 is 16.0 Å². The number of benzene rings is 1. The molecule has 3 N–H and O–H groups in total. The quantitative estimate of drug-likeness (QED) is 0.501. The molecular weight excluding hydrogens is 343 g/mol. The fraction of sp³-hybridized carbons (Fsp3) is 0.167. The topological polar surface area (TPSA) is 73.1 Å². The van der Waals surface area contributed by atoms with E-state index in [4.69, 9.17) is 10.6 Å². The first kappa shape index (κ1) is 13.0. The summed E-state index contributed by atoms with van der Waals surface area (Å²) >= 11 is 2.24. The summed E-state index contributed by atoms with van der Waals surface area (Å²) in [6.07, 6.45) is 2.16. The summed E-state index contributed by atoms with van der Waals surface area (Å²) in [4.78, 5) is 8.21. The van der Waals surface area contributed by atoms with Crippen molar-refractivity contribution in [2.45, 2.75) is 13.3 Å². The number of nitrogen functional groups attached to an aromatic ring is 1. The number of anilines is 1. The molecule has 0 saturated carbocycles. The van der Waals surface area contributed by atoms with E-state index in [1.807, 2.05) is 31.2 Å². The predicted octanol–water partition coefficient (Wildman–Crippen LogP) is 2.72. The highest BCUT2D eigenvalue weighted by molar-refractivity contribution is 14.1. The summed E-state index contributed by atoms with van der Waals surface area (Å²) in [5, 5.41) is 0. The van der Waals surface area contributed by atoms with Crippen molar-refractivity contribution < 1.29 is 4.74 Å². The van der Waals surface area contributed by atoms with Crippen molar-refractivity contribution in [1.29, 1.82) is 0 Å². The van der Waals surface area contributed by atoms with Crippen molar-refractivity contribution in [1.82, 2.24) is 9.97 Å². The number of hydrogen-bond donors (Lipinski definition) is 2. The molecule has 0 spiro atoms. The van der Waals surface area contributed by atoms with Gasteiger partial charge in [0.15, 0.2) is 0 Å². The lowest BCUT2D eigenvalue weighted by molar-refractivity contribution is 0.455. The Morgan fingerprint density at radius 1 is 1.39 bits per heavy atom. The van der Waals surface area contributed by atoms with Crippen LogP contribution >= 0.6 is 22.6 Å². The Labute approximate surface area is 119 Å². The van der Waals surface area contributed by atoms with Crippen LogP contribution in [0.5, 0.6) is 11.6 Å². The molecule has 2 aromatic rings. The number of ether oxygens (including phenoxy) is 1. The highest BCUT2D eigenvalue weighted by Crippen LogP contribution is 2.27. The summed E-state index contributed by atoms with van der Waals surface area (Å²) in [5.74, 6) is 7.28. The molecule has 0 unspecified atom stereocenters. The molecule has 1 heterocycles. The summed E-state index contributed by atoms with van der Waals surface area (Å²) in [6, 6.07) is 7.77. The van der Waals surface area contributed by atoms with E-state index in [1.54, 1.807) is 0 Å². The molecule has 6 heteroatoms. The Morgan fingerprint density at radius 3 is 2.89 bits per heavy atom. The third-order valence-electron chi connectivity index (χ3n) is 2.41. The van der Waals surface area contributed by atoms with Gasteiger partial charge in [-0.1, -0.05) is 13.0 Å². The maximum Gasteiger partial charge on any atom is 0.227 e. The highest BCUT2D eigenvalue weighted by atomic mass is 127. The van der Waals surface area contributed by atoms with Crippen LogP contribution in [0.15, 0.2) is 30.6 Å². The molecule has 0 fully saturated rings. The standard InChI is InChI=1S/C12H13IN4O/c1-2-10-11(17-14)15-7-16-12(10)18-9-5-3-4-8(13)6-9/h3-7H,2,14H2,1H3,(H,15,16,17). The van der Waals surface area contributed by atoms with Crippen LogP contribution in [0, 0.1) is 3.57 Å². The molecular formula is C12H13IN4O. The maximum atomic E-state index is 5.77. The van der Waals surface area contributed by atoms with Crippen LogP contribution in [0.2, 0.25) is 0 Å². The second-order valence-electron chi connectivity index (χ2n) is 3.56. The zero-order chi connectivity index (χ0) is 13.0. The number of nitrogens with zero attached hydrogens (tertiary/aromatic N) is 2. The van der Waals surface area contributed by atoms with Gasteiger partial charge in [-0.25, -0.2) is 15.8 Å². The van der Waals surface area contributed by atoms with Crippen LogP contribution in [0.4, 0.5) is 5.82 Å². The summed E-state index contributed by atoms with van der Waals surface area (Å²) < 4.78 is 6.88. The number of rotatable bonds is 4. The zero-order valence-electron chi connectivity index (χ0n) is 9.85. The van der Waals surface area contributed by atoms with E-state index in [0.29, 0.717) is 11.7 Å². The van der Waals surface area contributed by atoms with E-state index in [0.717, 1.165) is 21.3 Å². The lowest BCUT2D eigenvalue weighted by Gasteiger charge is -2.11. The molecule has 2 rings (SSSR count). The summed E-state index contributed by atoms with van der Waals surface area (Å²) in [7, 11) is 0. The summed E-state index contributed by atoms with van der Waals surface area (Å²) in [5.41, 5.74) is 3.41. The first-order chi connectivity index (χ1) is 8.74. The van der Waals surface area contributed by atoms with Gasteiger partial charge in [0.2, 0.25) is 5.88 Å². The second kappa shape index (κ2) is 5.96. The first-order valence-corrected chi connectivity index (χ1v) is 6.56. The van der Waals surface area contributed by atoms with Gasteiger partial charge in [0.1, 0.15) is 17.9 Å². The van der Waals surface area contributed by atoms with Gasteiger partial charge in [0, 0.05) is 3.57 Å². The molecule has 0 aliphatic rings. The van der Waals surface area contributed by atoms with Crippen LogP contribution in [0.25, 0.3) is 0 Å². The second-order valence-corrected chi connectivity index (χ2v) is 4.81. The Hall–Kier alpha value is -1.41. The van der Waals surface area contributed by atoms with Crippen molar-refractivity contribution in [3.05, 3.63) is 39.7 Å². The van der Waals surface area contributed by atoms with E-state index >= 15 is 0 Å². The number of aromatic nitrogens is 2. The van der Waals surface area contributed by atoms with Gasteiger partial charge < -0.3 is 10.2 Å². The smallest absolute Gasteiger partial charge is 0.227 e. The van der Waals surface area contributed by atoms with E-state index in [9.17, 15) is 0 Å². The fourth-order valence-corrected chi connectivity index (χ4v) is 2.08. The SMILES string of the molecule is CCc1c(NN)ncnc1Oc1cccc(I)c1. The number of halogens is 1. The predicted molar refractivity (Wildman–Crippen MR) is 78.5 cm³/mol. The molecule has 5 nitrogen and oxygen atoms in total. The minimum Gasteiger partial charge on any atom is -0.439 e. The number of hydrazine groups is 1. The average molecular weight is 356 g/mol. The van der Waals surface area contributed by atoms with Gasteiger partial charge in [0.25, 0.3) is 0 Å². The fourth-order valence-electron chi connectivity index (χ4n) is 1.57. The third kappa shape index (κ3) is 2.88. The van der Waals surface area contributed by atoms with E-state index in [1.165, 1.54) is 6.33 Å². The molecule has 0 bridgehead atoms. The molecule has 1 aromatic carbocycles. The van der Waals surface area contributed by atoms with Crippen LogP contribution in [0.3, 0.4) is 0 Å². The molecule has 0 aliphatic heterocycles. The monoisotopic (exact) mass is 356 g/mol. The number of nitrogens with two attached hydrogens (primary N) is 1. The lowest BCUT2D eigenvalue weighted by Crippen LogP contribution is -2.12. The van der Waals surface area contributed by atoms with Crippen molar-refractivity contribution >= 4 is 28.4 Å². The molecule has 0 saturated heterocycles. The van der Waals surface area contributed by atoms with Gasteiger partial charge in [-0.3, -0.25) is 0 Å². The minimum absolute atomic E-state index is 0.530. The molecule has 18 heavy (non-hydrogen) atoms. The molecule has 0 aliphatic carbocycles. The van der Waals surface area contributed by atoms with Crippen molar-refractivity contribution in [2.75, 3.05) is 5.43 Å². The Balaban J connectivity index is 2.34. The van der Waals surface area contributed by atoms with Gasteiger partial charge in [0.05, 0.1) is 5.56 Å². The van der Waals surface area contributed by atoms with Crippen LogP contribution in [0.1, 0.15) is 12.5 Å². The Bertz CT molecular complexity index is 547. The number of hydrogen-bond acceptors (Lipinski definition) is 5. The van der Waals surface area contributed by atoms with Gasteiger partial charge in [-0.15, -0.1) is 0 Å². The zero-order valence-corrected chi connectivity index (χ0v) is 12.0. The van der Waals surface area contributed by atoms with E-state index in [-0.39, 0.29) is 0 Å². The average Bonchev–Trinajstić information content (AvgIpc) is 2.38. The first-order valence-electron chi connectivity index (χ1n) is 5.48. The third-order valence-corrected chi connectivity index (χ3v) is 3.08. The normalized spacial score (nSPS) is 10.2. The molecule has 0 amide bonds. The minimum atomic E-state index is 0.530. The Kier molecular flexibility index (Phi) is 4.32. The van der Waals surface area contributed by atoms with E-state index in [2.05, 4.69) is 38.0 Å². The van der Waals surface area contributed by atoms with E-state index < -0.39 is 0 Å². The highest BCUT2D eigenvalue weighted by Gasteiger charge is 2.11. The maximum absolute atomic E-state index is 5.77. The molecule has 94 valence electrons. The molecule has 1 aromatic heterocycles. The van der Waals surface area contributed by atoms with Crippen molar-refractivity contribution in [3.8, 4) is 11.6 Å². The molecule has 0 atom stereocenters. The van der Waals surface area contributed by atoms with Crippen LogP contribution in [-0.2, 0) is 6.42 Å². The number of nitrogens with one attached hydrogen (secondary N) is 1. The van der Waals surface area contributed by atoms with Gasteiger partial charge in [-0.2, -0.15) is 0 Å². The molecule has 0 radical (unpaired) electrons. The van der Waals surface area contributed by atoms with Crippen molar-refractivity contribution in [2.24, 2.45) is 5.84 Å². The van der Waals surface area contributed by atoms with Gasteiger partial charge in [-0.05, 0) is 47.2 Å². The van der Waals surface area contributed by atoms with Gasteiger partial charge >= 0.3 is 0 Å². The van der Waals surface area contributed by atoms with Crippen molar-refractivity contribution in [3.63, 3.8) is 0 Å². The largest absolute Gasteiger partial charge is 0.439 e.